The first-order chi connectivity index (χ1) is 6.52. The summed E-state index contributed by atoms with van der Waals surface area (Å²) in [4.78, 5) is 21.8. The zero-order valence-electron chi connectivity index (χ0n) is 7.51. The molecule has 0 aromatic rings. The zero-order chi connectivity index (χ0) is 11.1. The van der Waals surface area contributed by atoms with Gasteiger partial charge in [-0.1, -0.05) is 0 Å². The van der Waals surface area contributed by atoms with Crippen molar-refractivity contribution >= 4 is 37.1 Å². The van der Waals surface area contributed by atoms with Gasteiger partial charge in [0.05, 0.1) is 6.04 Å². The molecular weight excluding hydrogens is 224 g/mol. The third-order valence-electron chi connectivity index (χ3n) is 1.57. The van der Waals surface area contributed by atoms with Crippen molar-refractivity contribution in [1.29, 1.82) is 0 Å². The summed E-state index contributed by atoms with van der Waals surface area (Å²) in [5.74, 6) is -1.03. The fourth-order valence-corrected chi connectivity index (χ4v) is 1.17. The number of nitrogens with two attached hydrogens (primary N) is 1. The van der Waals surface area contributed by atoms with E-state index in [-0.39, 0.29) is 12.2 Å². The quantitative estimate of drug-likeness (QED) is 0.389. The molecule has 2 unspecified atom stereocenters. The minimum atomic E-state index is -1.08. The van der Waals surface area contributed by atoms with E-state index in [1.54, 1.807) is 0 Å². The molecule has 4 N–H and O–H groups in total. The molecule has 0 aliphatic heterocycles. The molecule has 0 heterocycles. The highest BCUT2D eigenvalue weighted by molar-refractivity contribution is 7.80. The van der Waals surface area contributed by atoms with Crippen LogP contribution in [-0.2, 0) is 9.59 Å². The molecule has 0 rings (SSSR count). The Morgan fingerprint density at radius 3 is 2.36 bits per heavy atom. The molecule has 0 aromatic carbocycles. The Kier molecular flexibility index (Phi) is 6.77. The van der Waals surface area contributed by atoms with Crippen molar-refractivity contribution < 1.29 is 14.7 Å². The maximum atomic E-state index is 11.2. The van der Waals surface area contributed by atoms with Crippen LogP contribution in [0.1, 0.15) is 6.42 Å². The molecule has 0 saturated heterocycles. The molecule has 0 spiro atoms. The number of hydrogen-bond acceptors (Lipinski definition) is 5. The molecule has 0 aromatic heterocycles. The van der Waals surface area contributed by atoms with Crippen LogP contribution in [0.4, 0.5) is 0 Å². The average molecular weight is 238 g/mol. The third-order valence-corrected chi connectivity index (χ3v) is 2.22. The van der Waals surface area contributed by atoms with Crippen LogP contribution in [0, 0.1) is 0 Å². The van der Waals surface area contributed by atoms with Gasteiger partial charge in [-0.25, -0.2) is 4.79 Å². The summed E-state index contributed by atoms with van der Waals surface area (Å²) in [5, 5.41) is 11.0. The first-order valence-electron chi connectivity index (χ1n) is 4.03. The molecule has 14 heavy (non-hydrogen) atoms. The lowest BCUT2D eigenvalue weighted by molar-refractivity contribution is -0.141. The normalized spacial score (nSPS) is 14.5. The van der Waals surface area contributed by atoms with Crippen LogP contribution in [0.3, 0.4) is 0 Å². The number of amides is 1. The number of carbonyl (C=O) groups excluding carboxylic acids is 1. The van der Waals surface area contributed by atoms with Crippen LogP contribution >= 0.6 is 25.3 Å². The molecule has 5 nitrogen and oxygen atoms in total. The minimum Gasteiger partial charge on any atom is -0.480 e. The first kappa shape index (κ1) is 13.6. The number of hydrogen-bond donors (Lipinski definition) is 5. The predicted octanol–water partition coefficient (Wildman–Crippen LogP) is -0.867. The molecule has 0 aliphatic carbocycles. The summed E-state index contributed by atoms with van der Waals surface area (Å²) in [6.45, 7) is 0. The van der Waals surface area contributed by atoms with Crippen LogP contribution in [0.5, 0.6) is 0 Å². The molecule has 7 heteroatoms. The number of nitrogens with one attached hydrogen (secondary N) is 1. The predicted molar refractivity (Wildman–Crippen MR) is 59.9 cm³/mol. The van der Waals surface area contributed by atoms with Crippen molar-refractivity contribution in [2.45, 2.75) is 18.5 Å². The topological polar surface area (TPSA) is 92.4 Å². The number of carboxylic acids is 1. The second kappa shape index (κ2) is 6.97. The molecule has 0 bridgehead atoms. The molecule has 0 radical (unpaired) electrons. The van der Waals surface area contributed by atoms with Crippen molar-refractivity contribution in [3.8, 4) is 0 Å². The summed E-state index contributed by atoms with van der Waals surface area (Å²) < 4.78 is 0. The van der Waals surface area contributed by atoms with Crippen LogP contribution in [-0.4, -0.2) is 40.6 Å². The van der Waals surface area contributed by atoms with E-state index in [4.69, 9.17) is 10.8 Å². The number of carboxylic acid groups (broad SMARTS) is 1. The summed E-state index contributed by atoms with van der Waals surface area (Å²) >= 11 is 7.72. The highest BCUT2D eigenvalue weighted by Crippen LogP contribution is 1.96. The minimum absolute atomic E-state index is 0.180. The van der Waals surface area contributed by atoms with Gasteiger partial charge in [-0.05, 0) is 12.2 Å². The van der Waals surface area contributed by atoms with Crippen LogP contribution in [0.25, 0.3) is 0 Å². The van der Waals surface area contributed by atoms with Gasteiger partial charge in [-0.3, -0.25) is 4.79 Å². The van der Waals surface area contributed by atoms with E-state index in [2.05, 4.69) is 30.6 Å². The lowest BCUT2D eigenvalue weighted by Gasteiger charge is -2.15. The second-order valence-corrected chi connectivity index (χ2v) is 3.51. The van der Waals surface area contributed by atoms with Gasteiger partial charge in [-0.2, -0.15) is 25.3 Å². The van der Waals surface area contributed by atoms with Crippen molar-refractivity contribution in [3.05, 3.63) is 0 Å². The standard InChI is InChI=1S/C7H14N2O3S2/c8-4(3-14)6(10)9-5(1-2-13)7(11)12/h4-5,13-14H,1-3,8H2,(H,9,10)(H,11,12). The lowest BCUT2D eigenvalue weighted by Crippen LogP contribution is -2.49. The number of thiol groups is 2. The number of rotatable bonds is 6. The molecule has 0 fully saturated rings. The van der Waals surface area contributed by atoms with Gasteiger partial charge in [0.15, 0.2) is 0 Å². The summed E-state index contributed by atoms with van der Waals surface area (Å²) in [6, 6.07) is -1.70. The van der Waals surface area contributed by atoms with Gasteiger partial charge in [0, 0.05) is 5.75 Å². The highest BCUT2D eigenvalue weighted by atomic mass is 32.1. The second-order valence-electron chi connectivity index (χ2n) is 2.70. The van der Waals surface area contributed by atoms with Crippen molar-refractivity contribution in [2.24, 2.45) is 5.73 Å². The maximum Gasteiger partial charge on any atom is 0.326 e. The maximum absolute atomic E-state index is 11.2. The van der Waals surface area contributed by atoms with E-state index in [9.17, 15) is 9.59 Å². The van der Waals surface area contributed by atoms with Crippen molar-refractivity contribution in [2.75, 3.05) is 11.5 Å². The molecule has 82 valence electrons. The van der Waals surface area contributed by atoms with Crippen molar-refractivity contribution in [3.63, 3.8) is 0 Å². The molecule has 0 saturated carbocycles. The van der Waals surface area contributed by atoms with E-state index in [0.717, 1.165) is 0 Å². The Balaban J connectivity index is 4.15. The van der Waals surface area contributed by atoms with Gasteiger partial charge >= 0.3 is 5.97 Å². The fraction of sp³-hybridized carbons (Fsp3) is 0.714. The van der Waals surface area contributed by atoms with E-state index < -0.39 is 24.0 Å². The molecular formula is C7H14N2O3S2. The SMILES string of the molecule is NC(CS)C(=O)NC(CCS)C(=O)O. The number of aliphatic carboxylic acids is 1. The Morgan fingerprint density at radius 2 is 2.00 bits per heavy atom. The van der Waals surface area contributed by atoms with Crippen LogP contribution in [0.2, 0.25) is 0 Å². The van der Waals surface area contributed by atoms with Crippen molar-refractivity contribution in [1.82, 2.24) is 5.32 Å². The zero-order valence-corrected chi connectivity index (χ0v) is 9.30. The highest BCUT2D eigenvalue weighted by Gasteiger charge is 2.21. The van der Waals surface area contributed by atoms with Crippen LogP contribution < -0.4 is 11.1 Å². The van der Waals surface area contributed by atoms with E-state index in [1.165, 1.54) is 0 Å². The first-order valence-corrected chi connectivity index (χ1v) is 5.30. The number of carbonyl (C=O) groups is 2. The van der Waals surface area contributed by atoms with Gasteiger partial charge in [0.2, 0.25) is 5.91 Å². The Labute approximate surface area is 93.2 Å². The largest absolute Gasteiger partial charge is 0.480 e. The summed E-state index contributed by atoms with van der Waals surface area (Å²) in [5.41, 5.74) is 5.36. The molecule has 1 amide bonds. The summed E-state index contributed by atoms with van der Waals surface area (Å²) in [6.07, 6.45) is 0.267. The summed E-state index contributed by atoms with van der Waals surface area (Å²) in [7, 11) is 0. The third kappa shape index (κ3) is 4.73. The van der Waals surface area contributed by atoms with Crippen LogP contribution in [0.15, 0.2) is 0 Å². The van der Waals surface area contributed by atoms with Gasteiger partial charge in [-0.15, -0.1) is 0 Å². The van der Waals surface area contributed by atoms with E-state index in [1.807, 2.05) is 0 Å². The molecule has 0 aliphatic rings. The van der Waals surface area contributed by atoms with E-state index >= 15 is 0 Å². The average Bonchev–Trinajstić information content (AvgIpc) is 2.15. The van der Waals surface area contributed by atoms with Gasteiger partial charge in [0.1, 0.15) is 6.04 Å². The lowest BCUT2D eigenvalue weighted by atomic mass is 10.2. The Morgan fingerprint density at radius 1 is 1.43 bits per heavy atom. The fourth-order valence-electron chi connectivity index (χ4n) is 0.748. The molecule has 2 atom stereocenters. The smallest absolute Gasteiger partial charge is 0.326 e. The van der Waals surface area contributed by atoms with Gasteiger partial charge in [0.25, 0.3) is 0 Å². The monoisotopic (exact) mass is 238 g/mol. The van der Waals surface area contributed by atoms with Gasteiger partial charge < -0.3 is 16.2 Å². The Bertz CT molecular complexity index is 213. The Hall–Kier alpha value is -0.400. The van der Waals surface area contributed by atoms with E-state index in [0.29, 0.717) is 5.75 Å².